The molecule has 0 heterocycles. The Hall–Kier alpha value is -1.61. The molecule has 0 saturated carbocycles. The molecule has 3 heteroatoms. The maximum absolute atomic E-state index is 5.74. The number of anilines is 1. The number of rotatable bonds is 4. The van der Waals surface area contributed by atoms with Crippen LogP contribution in [-0.2, 0) is 5.75 Å². The van der Waals surface area contributed by atoms with Crippen molar-refractivity contribution >= 4 is 17.4 Å². The van der Waals surface area contributed by atoms with Crippen LogP contribution in [0.2, 0.25) is 0 Å². The molecular weight excluding hydrogens is 242 g/mol. The fraction of sp³-hybridized carbons (Fsp3) is 0.200. The molecule has 0 amide bonds. The number of thioether (sulfide) groups is 1. The third kappa shape index (κ3) is 3.20. The summed E-state index contributed by atoms with van der Waals surface area (Å²) in [5, 5.41) is 0. The van der Waals surface area contributed by atoms with Gasteiger partial charge >= 0.3 is 0 Å². The zero-order valence-corrected chi connectivity index (χ0v) is 11.5. The zero-order valence-electron chi connectivity index (χ0n) is 10.6. The lowest BCUT2D eigenvalue weighted by atomic mass is 10.2. The van der Waals surface area contributed by atoms with Crippen molar-refractivity contribution in [2.24, 2.45) is 0 Å². The summed E-state index contributed by atoms with van der Waals surface area (Å²) in [6.45, 7) is 2.10. The lowest BCUT2D eigenvalue weighted by Gasteiger charge is -2.09. The van der Waals surface area contributed by atoms with Crippen molar-refractivity contribution in [2.45, 2.75) is 17.6 Å². The Labute approximate surface area is 112 Å². The first kappa shape index (κ1) is 12.8. The smallest absolute Gasteiger partial charge is 0.134 e. The van der Waals surface area contributed by atoms with Gasteiger partial charge in [0, 0.05) is 22.4 Å². The van der Waals surface area contributed by atoms with Crippen molar-refractivity contribution in [1.29, 1.82) is 0 Å². The number of benzene rings is 2. The fourth-order valence-electron chi connectivity index (χ4n) is 1.65. The van der Waals surface area contributed by atoms with E-state index in [4.69, 9.17) is 10.5 Å². The van der Waals surface area contributed by atoms with Crippen LogP contribution in [0.15, 0.2) is 47.4 Å². The molecule has 0 spiro atoms. The van der Waals surface area contributed by atoms with Crippen LogP contribution in [0.1, 0.15) is 11.1 Å². The monoisotopic (exact) mass is 259 g/mol. The first-order valence-electron chi connectivity index (χ1n) is 5.81. The Morgan fingerprint density at radius 2 is 1.83 bits per heavy atom. The van der Waals surface area contributed by atoms with E-state index in [1.807, 2.05) is 18.2 Å². The molecule has 94 valence electrons. The van der Waals surface area contributed by atoms with Gasteiger partial charge in [0.05, 0.1) is 7.11 Å². The maximum Gasteiger partial charge on any atom is 0.134 e. The fourth-order valence-corrected chi connectivity index (χ4v) is 2.61. The van der Waals surface area contributed by atoms with Gasteiger partial charge in [-0.2, -0.15) is 0 Å². The van der Waals surface area contributed by atoms with Gasteiger partial charge in [0.2, 0.25) is 0 Å². The predicted molar refractivity (Wildman–Crippen MR) is 78.1 cm³/mol. The molecule has 2 rings (SSSR count). The topological polar surface area (TPSA) is 35.2 Å². The van der Waals surface area contributed by atoms with Gasteiger partial charge in [-0.3, -0.25) is 0 Å². The second-order valence-electron chi connectivity index (χ2n) is 4.18. The van der Waals surface area contributed by atoms with E-state index in [0.29, 0.717) is 0 Å². The first-order chi connectivity index (χ1) is 8.69. The summed E-state index contributed by atoms with van der Waals surface area (Å²) in [6.07, 6.45) is 0. The average Bonchev–Trinajstić information content (AvgIpc) is 2.39. The molecule has 0 bridgehead atoms. The molecule has 0 aliphatic rings. The molecular formula is C15H17NOS. The highest BCUT2D eigenvalue weighted by Crippen LogP contribution is 2.33. The molecule has 0 atom stereocenters. The van der Waals surface area contributed by atoms with Crippen molar-refractivity contribution in [1.82, 2.24) is 0 Å². The summed E-state index contributed by atoms with van der Waals surface area (Å²) in [6, 6.07) is 14.4. The van der Waals surface area contributed by atoms with Crippen LogP contribution in [-0.4, -0.2) is 7.11 Å². The van der Waals surface area contributed by atoms with E-state index in [9.17, 15) is 0 Å². The lowest BCUT2D eigenvalue weighted by molar-refractivity contribution is 0.405. The quantitative estimate of drug-likeness (QED) is 0.668. The number of aryl methyl sites for hydroxylation is 1. The normalized spacial score (nSPS) is 10.3. The van der Waals surface area contributed by atoms with Gasteiger partial charge in [-0.05, 0) is 24.6 Å². The summed E-state index contributed by atoms with van der Waals surface area (Å²) in [5.41, 5.74) is 9.06. The van der Waals surface area contributed by atoms with E-state index in [1.54, 1.807) is 18.9 Å². The number of hydrogen-bond donors (Lipinski definition) is 1. The van der Waals surface area contributed by atoms with Crippen molar-refractivity contribution in [3.05, 3.63) is 53.6 Å². The molecule has 2 nitrogen and oxygen atoms in total. The summed E-state index contributed by atoms with van der Waals surface area (Å²) in [5.74, 6) is 1.77. The van der Waals surface area contributed by atoms with Crippen LogP contribution in [0.5, 0.6) is 5.75 Å². The molecule has 0 aromatic heterocycles. The van der Waals surface area contributed by atoms with Crippen molar-refractivity contribution in [3.8, 4) is 5.75 Å². The molecule has 18 heavy (non-hydrogen) atoms. The molecule has 0 aliphatic carbocycles. The predicted octanol–water partition coefficient (Wildman–Crippen LogP) is 3.88. The van der Waals surface area contributed by atoms with Crippen LogP contribution in [0.4, 0.5) is 5.69 Å². The molecule has 0 radical (unpaired) electrons. The van der Waals surface area contributed by atoms with Crippen molar-refractivity contribution in [2.75, 3.05) is 12.8 Å². The van der Waals surface area contributed by atoms with E-state index in [-0.39, 0.29) is 0 Å². The minimum atomic E-state index is 0.728. The van der Waals surface area contributed by atoms with Gasteiger partial charge in [0.25, 0.3) is 0 Å². The number of nitrogens with two attached hydrogens (primary N) is 1. The van der Waals surface area contributed by atoms with E-state index in [2.05, 4.69) is 31.2 Å². The molecule has 2 aromatic carbocycles. The number of hydrogen-bond acceptors (Lipinski definition) is 3. The largest absolute Gasteiger partial charge is 0.496 e. The van der Waals surface area contributed by atoms with Gasteiger partial charge in [0.15, 0.2) is 0 Å². The summed E-state index contributed by atoms with van der Waals surface area (Å²) in [4.78, 5) is 1.12. The Kier molecular flexibility index (Phi) is 4.15. The molecule has 0 aliphatic heterocycles. The highest BCUT2D eigenvalue weighted by Gasteiger charge is 2.04. The van der Waals surface area contributed by atoms with Crippen LogP contribution in [0, 0.1) is 6.92 Å². The van der Waals surface area contributed by atoms with E-state index in [1.165, 1.54) is 11.1 Å². The highest BCUT2D eigenvalue weighted by atomic mass is 32.2. The molecule has 0 fully saturated rings. The van der Waals surface area contributed by atoms with Crippen molar-refractivity contribution in [3.63, 3.8) is 0 Å². The summed E-state index contributed by atoms with van der Waals surface area (Å²) < 4.78 is 5.33. The minimum Gasteiger partial charge on any atom is -0.496 e. The highest BCUT2D eigenvalue weighted by molar-refractivity contribution is 7.98. The Balaban J connectivity index is 2.08. The first-order valence-corrected chi connectivity index (χ1v) is 6.79. The van der Waals surface area contributed by atoms with Crippen LogP contribution in [0.25, 0.3) is 0 Å². The standard InChI is InChI=1S/C15H17NOS/c1-11-3-5-12(6-4-11)10-18-15-8-7-13(16)9-14(15)17-2/h3-9H,10,16H2,1-2H3. The SMILES string of the molecule is COc1cc(N)ccc1SCc1ccc(C)cc1. The molecule has 0 saturated heterocycles. The second-order valence-corrected chi connectivity index (χ2v) is 5.20. The van der Waals surface area contributed by atoms with E-state index >= 15 is 0 Å². The molecule has 2 N–H and O–H groups in total. The third-order valence-corrected chi connectivity index (χ3v) is 3.83. The number of nitrogen functional groups attached to an aromatic ring is 1. The number of ether oxygens (including phenoxy) is 1. The Morgan fingerprint density at radius 1 is 1.11 bits per heavy atom. The van der Waals surface area contributed by atoms with Gasteiger partial charge in [0.1, 0.15) is 5.75 Å². The van der Waals surface area contributed by atoms with Gasteiger partial charge in [-0.1, -0.05) is 29.8 Å². The van der Waals surface area contributed by atoms with Crippen LogP contribution in [0.3, 0.4) is 0 Å². The van der Waals surface area contributed by atoms with Crippen LogP contribution < -0.4 is 10.5 Å². The maximum atomic E-state index is 5.74. The number of methoxy groups -OCH3 is 1. The van der Waals surface area contributed by atoms with E-state index in [0.717, 1.165) is 22.1 Å². The van der Waals surface area contributed by atoms with E-state index < -0.39 is 0 Å². The van der Waals surface area contributed by atoms with Gasteiger partial charge in [-0.15, -0.1) is 11.8 Å². The van der Waals surface area contributed by atoms with Crippen LogP contribution >= 0.6 is 11.8 Å². The van der Waals surface area contributed by atoms with Crippen molar-refractivity contribution < 1.29 is 4.74 Å². The molecule has 0 unspecified atom stereocenters. The molecule has 2 aromatic rings. The lowest BCUT2D eigenvalue weighted by Crippen LogP contribution is -1.90. The third-order valence-electron chi connectivity index (χ3n) is 2.70. The Morgan fingerprint density at radius 3 is 2.50 bits per heavy atom. The summed E-state index contributed by atoms with van der Waals surface area (Å²) in [7, 11) is 1.67. The average molecular weight is 259 g/mol. The second kappa shape index (κ2) is 5.83. The minimum absolute atomic E-state index is 0.728. The van der Waals surface area contributed by atoms with Gasteiger partial charge < -0.3 is 10.5 Å². The summed E-state index contributed by atoms with van der Waals surface area (Å²) >= 11 is 1.76. The van der Waals surface area contributed by atoms with Gasteiger partial charge in [-0.25, -0.2) is 0 Å². The Bertz CT molecular complexity index is 523. The zero-order chi connectivity index (χ0) is 13.0.